The molecule has 2 aromatic carbocycles. The summed E-state index contributed by atoms with van der Waals surface area (Å²) in [7, 11) is 0. The average Bonchev–Trinajstić information content (AvgIpc) is 3.32. The van der Waals surface area contributed by atoms with Crippen molar-refractivity contribution in [3.05, 3.63) is 112 Å². The molecule has 2 N–H and O–H groups in total. The van der Waals surface area contributed by atoms with Gasteiger partial charge in [0, 0.05) is 36.6 Å². The lowest BCUT2D eigenvalue weighted by Gasteiger charge is -2.09. The van der Waals surface area contributed by atoms with E-state index in [4.69, 9.17) is 23.2 Å². The van der Waals surface area contributed by atoms with Gasteiger partial charge in [0.25, 0.3) is 5.91 Å². The van der Waals surface area contributed by atoms with Crippen LogP contribution in [-0.2, 0) is 13.1 Å². The molecule has 5 rings (SSSR count). The molecule has 0 aliphatic carbocycles. The quantitative estimate of drug-likeness (QED) is 0.300. The van der Waals surface area contributed by atoms with E-state index in [1.165, 1.54) is 0 Å². The molecule has 1 amide bonds. The van der Waals surface area contributed by atoms with Crippen molar-refractivity contribution >= 4 is 40.6 Å². The van der Waals surface area contributed by atoms with Crippen molar-refractivity contribution in [3.8, 4) is 11.3 Å². The lowest BCUT2D eigenvalue weighted by Crippen LogP contribution is -2.22. The van der Waals surface area contributed by atoms with E-state index < -0.39 is 0 Å². The number of carbonyl (C=O) groups is 1. The van der Waals surface area contributed by atoms with Gasteiger partial charge in [-0.15, -0.1) is 5.10 Å². The molecule has 9 heteroatoms. The van der Waals surface area contributed by atoms with Gasteiger partial charge in [0.05, 0.1) is 21.9 Å². The minimum absolute atomic E-state index is 0.140. The van der Waals surface area contributed by atoms with Crippen molar-refractivity contribution in [3.63, 3.8) is 0 Å². The molecule has 7 nitrogen and oxygen atoms in total. The molecule has 3 aromatic heterocycles. The maximum atomic E-state index is 12.5. The highest BCUT2D eigenvalue weighted by Gasteiger charge is 2.11. The first-order valence-corrected chi connectivity index (χ1v) is 11.6. The van der Waals surface area contributed by atoms with E-state index in [1.54, 1.807) is 41.3 Å². The van der Waals surface area contributed by atoms with E-state index in [0.717, 1.165) is 28.0 Å². The second-order valence-corrected chi connectivity index (χ2v) is 8.66. The van der Waals surface area contributed by atoms with Crippen molar-refractivity contribution in [1.29, 1.82) is 0 Å². The number of amides is 1. The number of benzene rings is 2. The van der Waals surface area contributed by atoms with E-state index in [0.29, 0.717) is 34.5 Å². The summed E-state index contributed by atoms with van der Waals surface area (Å²) in [6, 6.07) is 20.4. The monoisotopic (exact) mass is 502 g/mol. The number of nitrogens with one attached hydrogen (secondary N) is 2. The minimum Gasteiger partial charge on any atom is -0.365 e. The molecule has 0 bridgehead atoms. The number of imidazole rings is 1. The van der Waals surface area contributed by atoms with Crippen LogP contribution < -0.4 is 10.6 Å². The first-order valence-electron chi connectivity index (χ1n) is 10.9. The molecule has 0 fully saturated rings. The molecule has 35 heavy (non-hydrogen) atoms. The van der Waals surface area contributed by atoms with Gasteiger partial charge >= 0.3 is 0 Å². The molecule has 0 radical (unpaired) electrons. The van der Waals surface area contributed by atoms with Gasteiger partial charge in [-0.25, -0.2) is 9.50 Å². The molecule has 3 heterocycles. The third-order valence-electron chi connectivity index (χ3n) is 5.47. The van der Waals surface area contributed by atoms with E-state index in [2.05, 4.69) is 25.7 Å². The van der Waals surface area contributed by atoms with Crippen molar-refractivity contribution in [2.45, 2.75) is 13.1 Å². The molecular weight excluding hydrogens is 483 g/mol. The van der Waals surface area contributed by atoms with Crippen LogP contribution in [0.1, 0.15) is 21.5 Å². The summed E-state index contributed by atoms with van der Waals surface area (Å²) >= 11 is 12.1. The van der Waals surface area contributed by atoms with Gasteiger partial charge in [0.2, 0.25) is 0 Å². The average molecular weight is 503 g/mol. The first kappa shape index (κ1) is 22.8. The van der Waals surface area contributed by atoms with Gasteiger partial charge < -0.3 is 10.6 Å². The number of carbonyl (C=O) groups excluding carboxylic acids is 1. The zero-order valence-electron chi connectivity index (χ0n) is 18.5. The highest BCUT2D eigenvalue weighted by atomic mass is 35.5. The standard InChI is InChI=1S/C26H20Cl2N6O/c27-21-6-1-18(13-22(21)28)15-30-24-7-8-25-31-16-23(34(25)33-24)19-2-4-20(5-3-19)26(35)32-14-17-9-11-29-12-10-17/h1-13,16H,14-15H2,(H,30,33)(H,32,35). The number of hydrogen-bond acceptors (Lipinski definition) is 5. The number of aromatic nitrogens is 4. The van der Waals surface area contributed by atoms with Crippen LogP contribution in [0.2, 0.25) is 10.0 Å². The lowest BCUT2D eigenvalue weighted by molar-refractivity contribution is 0.0951. The maximum Gasteiger partial charge on any atom is 0.251 e. The molecule has 0 atom stereocenters. The number of fused-ring (bicyclic) bond motifs is 1. The van der Waals surface area contributed by atoms with Crippen molar-refractivity contribution in [2.75, 3.05) is 5.32 Å². The van der Waals surface area contributed by atoms with E-state index in [9.17, 15) is 4.79 Å². The Morgan fingerprint density at radius 3 is 2.43 bits per heavy atom. The highest BCUT2D eigenvalue weighted by Crippen LogP contribution is 2.24. The third-order valence-corrected chi connectivity index (χ3v) is 6.20. The minimum atomic E-state index is -0.140. The highest BCUT2D eigenvalue weighted by molar-refractivity contribution is 6.42. The Bertz CT molecular complexity index is 1490. The van der Waals surface area contributed by atoms with Crippen LogP contribution >= 0.6 is 23.2 Å². The Morgan fingerprint density at radius 1 is 0.857 bits per heavy atom. The summed E-state index contributed by atoms with van der Waals surface area (Å²) in [5, 5.41) is 11.9. The first-order chi connectivity index (χ1) is 17.1. The van der Waals surface area contributed by atoms with E-state index in [-0.39, 0.29) is 5.91 Å². The predicted molar refractivity (Wildman–Crippen MR) is 138 cm³/mol. The van der Waals surface area contributed by atoms with Gasteiger partial charge in [-0.05, 0) is 59.7 Å². The summed E-state index contributed by atoms with van der Waals surface area (Å²) in [6.45, 7) is 0.987. The maximum absolute atomic E-state index is 12.5. The number of hydrogen-bond donors (Lipinski definition) is 2. The SMILES string of the molecule is O=C(NCc1ccncc1)c1ccc(-c2cnc3ccc(NCc4ccc(Cl)c(Cl)c4)nn23)cc1. The molecular formula is C26H20Cl2N6O. The molecule has 0 aliphatic rings. The smallest absolute Gasteiger partial charge is 0.251 e. The second kappa shape index (κ2) is 10.1. The van der Waals surface area contributed by atoms with Crippen molar-refractivity contribution in [1.82, 2.24) is 24.9 Å². The molecule has 0 saturated carbocycles. The number of nitrogens with zero attached hydrogens (tertiary/aromatic N) is 4. The molecule has 174 valence electrons. The largest absolute Gasteiger partial charge is 0.365 e. The van der Waals surface area contributed by atoms with Gasteiger partial charge in [0.15, 0.2) is 5.65 Å². The Kier molecular flexibility index (Phi) is 6.61. The van der Waals surface area contributed by atoms with E-state index >= 15 is 0 Å². The fourth-order valence-corrected chi connectivity index (χ4v) is 3.90. The Hall–Kier alpha value is -3.94. The second-order valence-electron chi connectivity index (χ2n) is 7.85. The summed E-state index contributed by atoms with van der Waals surface area (Å²) in [4.78, 5) is 21.0. The van der Waals surface area contributed by atoms with Crippen LogP contribution in [-0.4, -0.2) is 25.5 Å². The van der Waals surface area contributed by atoms with Crippen LogP contribution in [0.5, 0.6) is 0 Å². The number of rotatable bonds is 7. The van der Waals surface area contributed by atoms with Crippen LogP contribution in [0.25, 0.3) is 16.9 Å². The summed E-state index contributed by atoms with van der Waals surface area (Å²) < 4.78 is 1.77. The molecule has 0 saturated heterocycles. The summed E-state index contributed by atoms with van der Waals surface area (Å²) in [5.74, 6) is 0.549. The van der Waals surface area contributed by atoms with Crippen LogP contribution in [0, 0.1) is 0 Å². The van der Waals surface area contributed by atoms with Gasteiger partial charge in [-0.2, -0.15) is 0 Å². The lowest BCUT2D eigenvalue weighted by atomic mass is 10.1. The molecule has 0 aliphatic heterocycles. The third kappa shape index (κ3) is 5.26. The normalized spacial score (nSPS) is 10.9. The molecule has 0 unspecified atom stereocenters. The predicted octanol–water partition coefficient (Wildman–Crippen LogP) is 5.64. The van der Waals surface area contributed by atoms with Crippen LogP contribution in [0.15, 0.2) is 85.3 Å². The molecule has 5 aromatic rings. The van der Waals surface area contributed by atoms with Crippen molar-refractivity contribution < 1.29 is 4.79 Å². The zero-order chi connectivity index (χ0) is 24.2. The Balaban J connectivity index is 1.30. The van der Waals surface area contributed by atoms with E-state index in [1.807, 2.05) is 48.5 Å². The van der Waals surface area contributed by atoms with Gasteiger partial charge in [-0.1, -0.05) is 41.4 Å². The zero-order valence-corrected chi connectivity index (χ0v) is 20.0. The molecule has 0 spiro atoms. The summed E-state index contributed by atoms with van der Waals surface area (Å²) in [5.41, 5.74) is 5.00. The fraction of sp³-hybridized carbons (Fsp3) is 0.0769. The number of pyridine rings is 1. The van der Waals surface area contributed by atoms with Crippen LogP contribution in [0.3, 0.4) is 0 Å². The number of anilines is 1. The van der Waals surface area contributed by atoms with Gasteiger partial charge in [-0.3, -0.25) is 9.78 Å². The fourth-order valence-electron chi connectivity index (χ4n) is 3.58. The van der Waals surface area contributed by atoms with Crippen LogP contribution in [0.4, 0.5) is 5.82 Å². The van der Waals surface area contributed by atoms with Crippen molar-refractivity contribution in [2.24, 2.45) is 0 Å². The van der Waals surface area contributed by atoms with Gasteiger partial charge in [0.1, 0.15) is 5.82 Å². The summed E-state index contributed by atoms with van der Waals surface area (Å²) in [6.07, 6.45) is 5.17. The topological polar surface area (TPSA) is 84.2 Å². The Morgan fingerprint density at radius 2 is 1.66 bits per heavy atom. The number of halogens is 2. The Labute approximate surface area is 211 Å².